The van der Waals surface area contributed by atoms with Crippen LogP contribution < -0.4 is 5.32 Å². The van der Waals surface area contributed by atoms with Gasteiger partial charge in [0, 0.05) is 31.7 Å². The van der Waals surface area contributed by atoms with Gasteiger partial charge in [-0.1, -0.05) is 121 Å². The Hall–Kier alpha value is -1.20. The Balaban J connectivity index is 2.24. The number of likely N-dealkylation sites (N-methyl/N-ethyl adjacent to an activating group) is 1. The van der Waals surface area contributed by atoms with Crippen molar-refractivity contribution in [2.45, 2.75) is 188 Å². The highest BCUT2D eigenvalue weighted by molar-refractivity contribution is 5.04. The first kappa shape index (κ1) is 47.8. The lowest BCUT2D eigenvalue weighted by Crippen LogP contribution is -2.45. The van der Waals surface area contributed by atoms with Gasteiger partial charge in [-0.25, -0.2) is 0 Å². The van der Waals surface area contributed by atoms with E-state index in [9.17, 15) is 0 Å². The van der Waals surface area contributed by atoms with Gasteiger partial charge < -0.3 is 5.32 Å². The summed E-state index contributed by atoms with van der Waals surface area (Å²) >= 11 is 0. The molecule has 1 aliphatic heterocycles. The van der Waals surface area contributed by atoms with Gasteiger partial charge in [-0.2, -0.15) is 0 Å². The van der Waals surface area contributed by atoms with Crippen molar-refractivity contribution in [2.24, 2.45) is 5.41 Å². The molecular formula is C47H90N4. The summed E-state index contributed by atoms with van der Waals surface area (Å²) < 4.78 is 0. The molecule has 0 amide bonds. The zero-order chi connectivity index (χ0) is 38.0. The van der Waals surface area contributed by atoms with Crippen molar-refractivity contribution >= 4 is 0 Å². The summed E-state index contributed by atoms with van der Waals surface area (Å²) in [4.78, 5) is 7.73. The predicted octanol–water partition coefficient (Wildman–Crippen LogP) is 12.7. The molecule has 0 aromatic carbocycles. The molecule has 1 aliphatic rings. The van der Waals surface area contributed by atoms with Crippen LogP contribution in [0.5, 0.6) is 0 Å². The average molecular weight is 711 g/mol. The molecule has 0 bridgehead atoms. The van der Waals surface area contributed by atoms with Crippen LogP contribution in [0.15, 0.2) is 48.6 Å². The van der Waals surface area contributed by atoms with Gasteiger partial charge >= 0.3 is 0 Å². The molecule has 0 unspecified atom stereocenters. The maximum absolute atomic E-state index is 4.57. The molecular weight excluding hydrogens is 621 g/mol. The van der Waals surface area contributed by atoms with E-state index < -0.39 is 0 Å². The molecule has 51 heavy (non-hydrogen) atoms. The summed E-state index contributed by atoms with van der Waals surface area (Å²) in [5.41, 5.74) is 6.30. The summed E-state index contributed by atoms with van der Waals surface area (Å²) in [5, 5.41) is 3.63. The maximum atomic E-state index is 4.57. The van der Waals surface area contributed by atoms with E-state index in [0.717, 1.165) is 45.6 Å². The van der Waals surface area contributed by atoms with Crippen LogP contribution in [0.25, 0.3) is 0 Å². The van der Waals surface area contributed by atoms with E-state index in [2.05, 4.69) is 94.9 Å². The van der Waals surface area contributed by atoms with Crippen molar-refractivity contribution in [1.82, 2.24) is 20.0 Å². The van der Waals surface area contributed by atoms with E-state index in [1.54, 1.807) is 0 Å². The van der Waals surface area contributed by atoms with Crippen molar-refractivity contribution in [3.05, 3.63) is 48.6 Å². The van der Waals surface area contributed by atoms with Crippen molar-refractivity contribution in [1.29, 1.82) is 0 Å². The minimum absolute atomic E-state index is 0.148. The van der Waals surface area contributed by atoms with Crippen LogP contribution in [0.3, 0.4) is 0 Å². The number of hydrogen-bond donors (Lipinski definition) is 1. The van der Waals surface area contributed by atoms with Crippen molar-refractivity contribution in [3.8, 4) is 0 Å². The molecule has 1 saturated heterocycles. The molecule has 4 nitrogen and oxygen atoms in total. The predicted molar refractivity (Wildman–Crippen MR) is 231 cm³/mol. The van der Waals surface area contributed by atoms with Gasteiger partial charge in [-0.05, 0) is 142 Å². The first-order valence-electron chi connectivity index (χ1n) is 21.7. The van der Waals surface area contributed by atoms with E-state index in [-0.39, 0.29) is 5.54 Å². The van der Waals surface area contributed by atoms with Gasteiger partial charge in [-0.3, -0.25) is 14.7 Å². The fourth-order valence-corrected chi connectivity index (χ4v) is 7.48. The van der Waals surface area contributed by atoms with Crippen LogP contribution in [-0.4, -0.2) is 79.8 Å². The molecule has 1 heterocycles. The standard InChI is InChI=1S/C47H90N4/c1-12-13-14-23-36-51(37-31-44(4)27-21-16-15-19-25-42(2)29-32-46(6,7)8)47(9,10)40-45(5)28-22-18-17-20-26-43(3)30-34-48-33-24-35-50-39-38-49(11)41-50/h48H,2-5,12-41H2,1,6-11H3. The Bertz CT molecular complexity index is 940. The van der Waals surface area contributed by atoms with Crippen LogP contribution in [-0.2, 0) is 0 Å². The number of rotatable bonds is 34. The summed E-state index contributed by atoms with van der Waals surface area (Å²) in [6.07, 6.45) is 27.5. The molecule has 0 atom stereocenters. The SMILES string of the molecule is C=C(CCCCCCC(=C)CC(C)(C)N(CCCCCC)CCC(=C)CCCCCCC(=C)CCC(C)(C)C)CCNCCCN1CCN(C)C1. The van der Waals surface area contributed by atoms with Crippen molar-refractivity contribution in [2.75, 3.05) is 59.5 Å². The molecule has 298 valence electrons. The third kappa shape index (κ3) is 27.1. The number of nitrogens with zero attached hydrogens (tertiary/aromatic N) is 3. The van der Waals surface area contributed by atoms with Crippen molar-refractivity contribution in [3.63, 3.8) is 0 Å². The first-order chi connectivity index (χ1) is 24.2. The average Bonchev–Trinajstić information content (AvgIpc) is 3.48. The van der Waals surface area contributed by atoms with Gasteiger partial charge in [-0.15, -0.1) is 0 Å². The highest BCUT2D eigenvalue weighted by Crippen LogP contribution is 2.28. The topological polar surface area (TPSA) is 21.8 Å². The van der Waals surface area contributed by atoms with Gasteiger partial charge in [0.05, 0.1) is 6.67 Å². The lowest BCUT2D eigenvalue weighted by Gasteiger charge is -2.40. The second-order valence-corrected chi connectivity index (χ2v) is 18.4. The Labute approximate surface area is 321 Å². The third-order valence-corrected chi connectivity index (χ3v) is 11.1. The van der Waals surface area contributed by atoms with E-state index in [1.807, 2.05) is 0 Å². The molecule has 1 rings (SSSR count). The smallest absolute Gasteiger partial charge is 0.0504 e. The summed E-state index contributed by atoms with van der Waals surface area (Å²) in [6.45, 7) is 41.3. The monoisotopic (exact) mass is 711 g/mol. The number of allylic oxidation sites excluding steroid dienone is 1. The molecule has 0 aliphatic carbocycles. The number of hydrogen-bond acceptors (Lipinski definition) is 4. The molecule has 4 heteroatoms. The van der Waals surface area contributed by atoms with E-state index in [0.29, 0.717) is 5.41 Å². The summed E-state index contributed by atoms with van der Waals surface area (Å²) in [5.74, 6) is 0. The molecule has 0 saturated carbocycles. The minimum atomic E-state index is 0.148. The lowest BCUT2D eigenvalue weighted by atomic mass is 9.88. The molecule has 1 fully saturated rings. The highest BCUT2D eigenvalue weighted by atomic mass is 15.4. The number of unbranched alkanes of at least 4 members (excludes halogenated alkanes) is 9. The molecule has 0 aromatic heterocycles. The largest absolute Gasteiger partial charge is 0.316 e. The van der Waals surface area contributed by atoms with Gasteiger partial charge in [0.25, 0.3) is 0 Å². The van der Waals surface area contributed by atoms with Crippen LogP contribution in [0.2, 0.25) is 0 Å². The highest BCUT2D eigenvalue weighted by Gasteiger charge is 2.27. The zero-order valence-electron chi connectivity index (χ0n) is 35.9. The van der Waals surface area contributed by atoms with E-state index in [1.165, 1.54) is 170 Å². The quantitative estimate of drug-likeness (QED) is 0.0530. The Morgan fingerprint density at radius 1 is 0.588 bits per heavy atom. The second kappa shape index (κ2) is 28.3. The Kier molecular flexibility index (Phi) is 26.5. The molecule has 0 spiro atoms. The summed E-state index contributed by atoms with van der Waals surface area (Å²) in [7, 11) is 2.21. The lowest BCUT2D eigenvalue weighted by molar-refractivity contribution is 0.117. The van der Waals surface area contributed by atoms with Gasteiger partial charge in [0.1, 0.15) is 0 Å². The van der Waals surface area contributed by atoms with Crippen molar-refractivity contribution < 1.29 is 0 Å². The minimum Gasteiger partial charge on any atom is -0.316 e. The zero-order valence-corrected chi connectivity index (χ0v) is 35.9. The van der Waals surface area contributed by atoms with Crippen LogP contribution >= 0.6 is 0 Å². The third-order valence-electron chi connectivity index (χ3n) is 11.1. The Morgan fingerprint density at radius 2 is 1.14 bits per heavy atom. The van der Waals surface area contributed by atoms with E-state index >= 15 is 0 Å². The normalized spacial score (nSPS) is 14.5. The first-order valence-corrected chi connectivity index (χ1v) is 21.7. The van der Waals surface area contributed by atoms with Crippen LogP contribution in [0, 0.1) is 5.41 Å². The van der Waals surface area contributed by atoms with Crippen LogP contribution in [0.1, 0.15) is 183 Å². The van der Waals surface area contributed by atoms with Gasteiger partial charge in [0.15, 0.2) is 0 Å². The van der Waals surface area contributed by atoms with Crippen LogP contribution in [0.4, 0.5) is 0 Å². The fourth-order valence-electron chi connectivity index (χ4n) is 7.48. The van der Waals surface area contributed by atoms with Gasteiger partial charge in [0.2, 0.25) is 0 Å². The molecule has 0 radical (unpaired) electrons. The molecule has 1 N–H and O–H groups in total. The molecule has 0 aromatic rings. The second-order valence-electron chi connectivity index (χ2n) is 18.4. The Morgan fingerprint density at radius 3 is 1.69 bits per heavy atom. The number of nitrogens with one attached hydrogen (secondary N) is 1. The summed E-state index contributed by atoms with van der Waals surface area (Å²) in [6, 6.07) is 0. The fraction of sp³-hybridized carbons (Fsp3) is 0.830. The van der Waals surface area contributed by atoms with E-state index in [4.69, 9.17) is 0 Å². The maximum Gasteiger partial charge on any atom is 0.0504 e.